The number of aromatic nitrogens is 2. The quantitative estimate of drug-likeness (QED) is 0.425. The minimum Gasteiger partial charge on any atom is -0.503 e. The van der Waals surface area contributed by atoms with Gasteiger partial charge in [-0.25, -0.2) is 4.98 Å². The fraction of sp³-hybridized carbons (Fsp3) is 0.167. The summed E-state index contributed by atoms with van der Waals surface area (Å²) >= 11 is 1.34. The predicted molar refractivity (Wildman–Crippen MR) is 121 cm³/mol. The molecule has 1 unspecified atom stereocenters. The first-order valence-corrected chi connectivity index (χ1v) is 10.9. The number of nitrogens with zero attached hydrogens (tertiary/aromatic N) is 3. The number of anilines is 1. The molecule has 4 aromatic rings. The number of fused-ring (bicyclic) bond motifs is 1. The molecule has 1 aromatic carbocycles. The van der Waals surface area contributed by atoms with E-state index in [0.29, 0.717) is 16.7 Å². The highest BCUT2D eigenvalue weighted by Crippen LogP contribution is 2.43. The number of carbonyl (C=O) groups excluding carboxylic acids is 2. The van der Waals surface area contributed by atoms with Gasteiger partial charge in [0.15, 0.2) is 16.7 Å². The molecule has 0 saturated carbocycles. The van der Waals surface area contributed by atoms with Crippen molar-refractivity contribution in [1.29, 1.82) is 0 Å². The van der Waals surface area contributed by atoms with Crippen molar-refractivity contribution in [3.8, 4) is 0 Å². The largest absolute Gasteiger partial charge is 0.503 e. The molecule has 1 atom stereocenters. The number of pyridine rings is 1. The van der Waals surface area contributed by atoms with Crippen molar-refractivity contribution in [2.24, 2.45) is 0 Å². The first-order chi connectivity index (χ1) is 15.5. The Bertz CT molecular complexity index is 1360. The van der Waals surface area contributed by atoms with Gasteiger partial charge in [0.05, 0.1) is 27.7 Å². The summed E-state index contributed by atoms with van der Waals surface area (Å²) in [4.78, 5) is 36.7. The molecule has 1 amide bonds. The Labute approximate surface area is 187 Å². The van der Waals surface area contributed by atoms with Crippen molar-refractivity contribution in [1.82, 2.24) is 9.97 Å². The van der Waals surface area contributed by atoms with Crippen LogP contribution in [0.25, 0.3) is 10.2 Å². The number of carbonyl (C=O) groups is 2. The summed E-state index contributed by atoms with van der Waals surface area (Å²) in [6, 6.07) is 13.4. The molecule has 7 nitrogen and oxygen atoms in total. The van der Waals surface area contributed by atoms with E-state index >= 15 is 0 Å². The topological polar surface area (TPSA) is 96.5 Å². The molecule has 0 bridgehead atoms. The summed E-state index contributed by atoms with van der Waals surface area (Å²) in [5.74, 6) is -1.50. The first-order valence-electron chi connectivity index (χ1n) is 10.1. The number of benzene rings is 1. The summed E-state index contributed by atoms with van der Waals surface area (Å²) in [5, 5.41) is 11.1. The standard InChI is InChI=1S/C24H19N3O4S/c1-13(2)14-8-9-15-18(12-14)32-24(26-15)27-20(16-6-3-4-10-25-16)19(22(29)23(27)30)21(28)17-7-5-11-31-17/h3-13,20,29H,1-2H3. The van der Waals surface area contributed by atoms with Crippen LogP contribution in [0.3, 0.4) is 0 Å². The van der Waals surface area contributed by atoms with E-state index in [-0.39, 0.29) is 11.3 Å². The first kappa shape index (κ1) is 20.1. The number of Topliss-reactive ketones (excluding diaryl/α,β-unsaturated/α-hetero) is 1. The minimum atomic E-state index is -0.925. The van der Waals surface area contributed by atoms with Crippen LogP contribution in [-0.2, 0) is 4.79 Å². The Morgan fingerprint density at radius 2 is 2.03 bits per heavy atom. The number of hydrogen-bond donors (Lipinski definition) is 1. The third-order valence-electron chi connectivity index (χ3n) is 5.44. The SMILES string of the molecule is CC(C)c1ccc2nc(N3C(=O)C(O)=C(C(=O)c4ccco4)C3c3ccccn3)sc2c1. The number of furan rings is 1. The molecule has 1 aliphatic heterocycles. The Balaban J connectivity index is 1.65. The second-order valence-electron chi connectivity index (χ2n) is 7.78. The monoisotopic (exact) mass is 445 g/mol. The molecule has 4 heterocycles. The fourth-order valence-electron chi connectivity index (χ4n) is 3.78. The van der Waals surface area contributed by atoms with Gasteiger partial charge in [-0.05, 0) is 47.9 Å². The second kappa shape index (κ2) is 7.72. The van der Waals surface area contributed by atoms with Crippen molar-refractivity contribution in [2.75, 3.05) is 4.90 Å². The maximum Gasteiger partial charge on any atom is 0.296 e. The van der Waals surface area contributed by atoms with Crippen LogP contribution in [-0.4, -0.2) is 26.8 Å². The summed E-state index contributed by atoms with van der Waals surface area (Å²) in [6.45, 7) is 4.22. The Kier molecular flexibility index (Phi) is 4.86. The van der Waals surface area contributed by atoms with Gasteiger partial charge in [0.2, 0.25) is 5.78 Å². The lowest BCUT2D eigenvalue weighted by Gasteiger charge is -2.23. The van der Waals surface area contributed by atoms with Gasteiger partial charge in [0, 0.05) is 6.20 Å². The van der Waals surface area contributed by atoms with Gasteiger partial charge in [0.25, 0.3) is 5.91 Å². The zero-order chi connectivity index (χ0) is 22.4. The highest BCUT2D eigenvalue weighted by Gasteiger charge is 2.47. The van der Waals surface area contributed by atoms with Crippen LogP contribution in [0.15, 0.2) is 76.7 Å². The van der Waals surface area contributed by atoms with E-state index in [4.69, 9.17) is 4.42 Å². The van der Waals surface area contributed by atoms with Gasteiger partial charge in [0.1, 0.15) is 6.04 Å². The lowest BCUT2D eigenvalue weighted by molar-refractivity contribution is -0.117. The molecule has 0 aliphatic carbocycles. The predicted octanol–water partition coefficient (Wildman–Crippen LogP) is 5.19. The van der Waals surface area contributed by atoms with E-state index in [9.17, 15) is 14.7 Å². The van der Waals surface area contributed by atoms with E-state index in [1.54, 1.807) is 30.5 Å². The molecular weight excluding hydrogens is 426 g/mol. The van der Waals surface area contributed by atoms with Crippen LogP contribution >= 0.6 is 11.3 Å². The number of rotatable bonds is 5. The third-order valence-corrected chi connectivity index (χ3v) is 6.46. The fourth-order valence-corrected chi connectivity index (χ4v) is 4.82. The molecule has 5 rings (SSSR count). The average Bonchev–Trinajstić information content (AvgIpc) is 3.52. The van der Waals surface area contributed by atoms with Gasteiger partial charge >= 0.3 is 0 Å². The Morgan fingerprint density at radius 3 is 2.72 bits per heavy atom. The maximum atomic E-state index is 13.2. The molecular formula is C24H19N3O4S. The average molecular weight is 446 g/mol. The van der Waals surface area contributed by atoms with Crippen LogP contribution in [0, 0.1) is 0 Å². The van der Waals surface area contributed by atoms with Crippen LogP contribution in [0.2, 0.25) is 0 Å². The third kappa shape index (κ3) is 3.20. The van der Waals surface area contributed by atoms with Crippen molar-refractivity contribution >= 4 is 38.4 Å². The summed E-state index contributed by atoms with van der Waals surface area (Å²) < 4.78 is 6.16. The van der Waals surface area contributed by atoms with Crippen LogP contribution in [0.1, 0.15) is 47.6 Å². The van der Waals surface area contributed by atoms with E-state index < -0.39 is 23.5 Å². The molecule has 0 spiro atoms. The minimum absolute atomic E-state index is 0.0352. The molecule has 0 fully saturated rings. The van der Waals surface area contributed by atoms with E-state index in [2.05, 4.69) is 29.9 Å². The summed E-state index contributed by atoms with van der Waals surface area (Å²) in [7, 11) is 0. The van der Waals surface area contributed by atoms with Crippen molar-refractivity contribution in [2.45, 2.75) is 25.8 Å². The maximum absolute atomic E-state index is 13.2. The molecule has 1 aliphatic rings. The highest BCUT2D eigenvalue weighted by molar-refractivity contribution is 7.22. The number of ketones is 1. The van der Waals surface area contributed by atoms with Crippen molar-refractivity contribution < 1.29 is 19.1 Å². The Morgan fingerprint density at radius 1 is 1.19 bits per heavy atom. The normalized spacial score (nSPS) is 16.5. The number of thiazole rings is 1. The molecule has 0 saturated heterocycles. The number of amides is 1. The molecule has 0 radical (unpaired) electrons. The molecule has 1 N–H and O–H groups in total. The molecule has 3 aromatic heterocycles. The van der Waals surface area contributed by atoms with E-state index in [1.807, 2.05) is 12.1 Å². The molecule has 32 heavy (non-hydrogen) atoms. The highest BCUT2D eigenvalue weighted by atomic mass is 32.1. The van der Waals surface area contributed by atoms with Crippen LogP contribution in [0.5, 0.6) is 0 Å². The molecule has 160 valence electrons. The van der Waals surface area contributed by atoms with Crippen LogP contribution < -0.4 is 4.90 Å². The second-order valence-corrected chi connectivity index (χ2v) is 8.79. The van der Waals surface area contributed by atoms with Crippen LogP contribution in [0.4, 0.5) is 5.13 Å². The van der Waals surface area contributed by atoms with Crippen molar-refractivity contribution in [3.63, 3.8) is 0 Å². The van der Waals surface area contributed by atoms with Crippen molar-refractivity contribution in [3.05, 3.63) is 89.3 Å². The van der Waals surface area contributed by atoms with E-state index in [0.717, 1.165) is 15.8 Å². The number of aliphatic hydroxyl groups is 1. The van der Waals surface area contributed by atoms with Gasteiger partial charge in [-0.1, -0.05) is 37.3 Å². The van der Waals surface area contributed by atoms with E-state index in [1.165, 1.54) is 28.6 Å². The van der Waals surface area contributed by atoms with Gasteiger partial charge in [-0.15, -0.1) is 0 Å². The smallest absolute Gasteiger partial charge is 0.296 e. The lowest BCUT2D eigenvalue weighted by atomic mass is 9.99. The lowest BCUT2D eigenvalue weighted by Crippen LogP contribution is -2.31. The van der Waals surface area contributed by atoms with Gasteiger partial charge in [-0.3, -0.25) is 19.5 Å². The van der Waals surface area contributed by atoms with Gasteiger partial charge in [-0.2, -0.15) is 0 Å². The zero-order valence-electron chi connectivity index (χ0n) is 17.4. The summed E-state index contributed by atoms with van der Waals surface area (Å²) in [5.41, 5.74) is 2.27. The number of aliphatic hydroxyl groups excluding tert-OH is 1. The number of hydrogen-bond acceptors (Lipinski definition) is 7. The molecule has 8 heteroatoms. The zero-order valence-corrected chi connectivity index (χ0v) is 18.2. The van der Waals surface area contributed by atoms with Gasteiger partial charge < -0.3 is 9.52 Å². The summed E-state index contributed by atoms with van der Waals surface area (Å²) in [6.07, 6.45) is 2.95. The Hall–Kier alpha value is -3.78.